The van der Waals surface area contributed by atoms with Gasteiger partial charge in [0.1, 0.15) is 0 Å². The molecule has 0 bridgehead atoms. The van der Waals surface area contributed by atoms with Crippen molar-refractivity contribution in [1.82, 2.24) is 19.0 Å². The second kappa shape index (κ2) is 20.8. The largest absolute Gasteiger partial charge is 0.478 e. The van der Waals surface area contributed by atoms with Gasteiger partial charge in [0.05, 0.1) is 16.7 Å². The van der Waals surface area contributed by atoms with Crippen LogP contribution in [-0.4, -0.2) is 71.8 Å². The molecule has 4 N–H and O–H groups in total. The van der Waals surface area contributed by atoms with Gasteiger partial charge in [-0.25, -0.2) is 22.4 Å². The number of nitrogens with one attached hydrogen (secondary N) is 1. The van der Waals surface area contributed by atoms with Crippen molar-refractivity contribution < 1.29 is 57.9 Å². The number of alkyl halides is 4. The molecule has 3 aromatic heterocycles. The molecule has 44 heavy (non-hydrogen) atoms. The normalized spacial score (nSPS) is 10.3. The highest BCUT2D eigenvalue weighted by Gasteiger charge is 2.20. The Morgan fingerprint density at radius 1 is 0.818 bits per heavy atom. The van der Waals surface area contributed by atoms with Crippen LogP contribution >= 0.6 is 11.2 Å². The lowest BCUT2D eigenvalue weighted by atomic mass is 10.2. The summed E-state index contributed by atoms with van der Waals surface area (Å²) in [5.41, 5.74) is 3.42. The second-order valence-corrected chi connectivity index (χ2v) is 9.17. The summed E-state index contributed by atoms with van der Waals surface area (Å²) in [6.45, 7) is 0. The standard InChI is InChI=1S/C8H10F2N2O.C7H6F3NO.C7H7NO3.CH3F3S.CH5N.B/c1-11-8(13)6-4-12(2)3-5(6)7(9)10;1-11-2-4(6(8)9)5(3-11)7(10)12;1-8-2-5(4-9)6(3-8)7(10)11;1-5(2,3)4;1-2;/h3-4,7H,1-2H3,(H,11,13);2-3,6H,1H3;2-4H,1H3,(H,10,11);1H3;2H2,1H3;. The van der Waals surface area contributed by atoms with E-state index < -0.39 is 53.1 Å². The molecular formula is C24H31BF8N5O5S. The van der Waals surface area contributed by atoms with Crippen LogP contribution in [0, 0.1) is 0 Å². The number of hydrogen-bond acceptors (Lipinski definition) is 5. The van der Waals surface area contributed by atoms with E-state index >= 15 is 0 Å². The number of aromatic carboxylic acids is 1. The SMILES string of the molecule is CN.CNC(=O)c1cn(C)cc1C(F)F.CS(F)(F)F.Cn1cc(C(=O)F)c(C(F)F)c1.Cn1cc(C=O)c(C(=O)O)c1.[B]. The molecule has 0 aliphatic heterocycles. The first-order valence-electron chi connectivity index (χ1n) is 11.3. The number of nitrogens with two attached hydrogens (primary N) is 1. The predicted octanol–water partition coefficient (Wildman–Crippen LogP) is 5.20. The van der Waals surface area contributed by atoms with Gasteiger partial charge in [-0.3, -0.25) is 14.4 Å². The third kappa shape index (κ3) is 16.5. The molecule has 0 aliphatic carbocycles. The molecule has 20 heteroatoms. The number of halogens is 8. The summed E-state index contributed by atoms with van der Waals surface area (Å²) in [7, 11) is 7.61. The number of carbonyl (C=O) groups excluding carboxylic acids is 3. The average molecular weight is 664 g/mol. The van der Waals surface area contributed by atoms with Crippen LogP contribution in [0.25, 0.3) is 0 Å². The molecule has 3 radical (unpaired) electrons. The van der Waals surface area contributed by atoms with E-state index in [1.54, 1.807) is 14.1 Å². The van der Waals surface area contributed by atoms with Crippen LogP contribution in [0.15, 0.2) is 37.2 Å². The van der Waals surface area contributed by atoms with E-state index in [4.69, 9.17) is 5.11 Å². The number of aldehydes is 1. The zero-order valence-corrected chi connectivity index (χ0v) is 25.0. The molecule has 0 aromatic carbocycles. The molecule has 0 atom stereocenters. The summed E-state index contributed by atoms with van der Waals surface area (Å²) in [6, 6.07) is -1.83. The molecular weight excluding hydrogens is 633 g/mol. The Hall–Kier alpha value is -4.07. The van der Waals surface area contributed by atoms with Gasteiger partial charge in [-0.1, -0.05) is 0 Å². The summed E-state index contributed by atoms with van der Waals surface area (Å²) in [6.07, 6.45) is 2.91. The van der Waals surface area contributed by atoms with Gasteiger partial charge in [-0.15, -0.1) is 11.7 Å². The number of carbonyl (C=O) groups is 4. The summed E-state index contributed by atoms with van der Waals surface area (Å²) < 4.78 is 96.4. The molecule has 3 aromatic rings. The Kier molecular flexibility index (Phi) is 21.0. The van der Waals surface area contributed by atoms with Crippen LogP contribution in [0.4, 0.5) is 33.6 Å². The second-order valence-electron chi connectivity index (χ2n) is 7.89. The Balaban J connectivity index is -0.000000514. The maximum absolute atomic E-state index is 12.3. The highest BCUT2D eigenvalue weighted by Crippen LogP contribution is 2.48. The first-order chi connectivity index (χ1) is 19.7. The lowest BCUT2D eigenvalue weighted by Crippen LogP contribution is -2.18. The van der Waals surface area contributed by atoms with Gasteiger partial charge in [-0.05, 0) is 7.05 Å². The highest BCUT2D eigenvalue weighted by molar-refractivity contribution is 8.20. The van der Waals surface area contributed by atoms with Gasteiger partial charge < -0.3 is 29.9 Å². The molecule has 1 amide bonds. The molecule has 0 fully saturated rings. The van der Waals surface area contributed by atoms with Crippen molar-refractivity contribution in [2.75, 3.05) is 20.4 Å². The summed E-state index contributed by atoms with van der Waals surface area (Å²) in [5.74, 6) is -1.57. The molecule has 0 saturated heterocycles. The van der Waals surface area contributed by atoms with Crippen LogP contribution in [-0.2, 0) is 21.1 Å². The topological polar surface area (TPSA) is 141 Å². The van der Waals surface area contributed by atoms with Gasteiger partial charge in [-0.2, -0.15) is 4.39 Å². The Morgan fingerprint density at radius 3 is 1.43 bits per heavy atom. The average Bonchev–Trinajstić information content (AvgIpc) is 3.60. The summed E-state index contributed by atoms with van der Waals surface area (Å²) >= 11 is -4.67. The first kappa shape index (κ1) is 44.4. The van der Waals surface area contributed by atoms with Crippen molar-refractivity contribution in [1.29, 1.82) is 0 Å². The Bertz CT molecular complexity index is 1340. The zero-order valence-electron chi connectivity index (χ0n) is 24.2. The van der Waals surface area contributed by atoms with Crippen LogP contribution in [0.2, 0.25) is 0 Å². The van der Waals surface area contributed by atoms with Crippen molar-refractivity contribution in [3.63, 3.8) is 0 Å². The van der Waals surface area contributed by atoms with E-state index in [1.807, 2.05) is 0 Å². The fourth-order valence-corrected chi connectivity index (χ4v) is 2.92. The van der Waals surface area contributed by atoms with Gasteiger partial charge in [0.25, 0.3) is 18.8 Å². The lowest BCUT2D eigenvalue weighted by molar-refractivity contribution is 0.0693. The molecule has 247 valence electrons. The van der Waals surface area contributed by atoms with Crippen LogP contribution < -0.4 is 11.1 Å². The van der Waals surface area contributed by atoms with E-state index in [1.165, 1.54) is 59.6 Å². The highest BCUT2D eigenvalue weighted by atomic mass is 32.3. The number of nitrogens with zero attached hydrogens (tertiary/aromatic N) is 3. The number of hydrogen-bond donors (Lipinski definition) is 3. The zero-order chi connectivity index (χ0) is 34.2. The van der Waals surface area contributed by atoms with Gasteiger partial charge in [0, 0.05) is 96.7 Å². The minimum atomic E-state index is -4.67. The number of carboxylic acids is 1. The number of carboxylic acid groups (broad SMARTS) is 1. The molecule has 0 aliphatic rings. The van der Waals surface area contributed by atoms with E-state index in [0.717, 1.165) is 12.4 Å². The molecule has 0 spiro atoms. The molecule has 0 unspecified atom stereocenters. The van der Waals surface area contributed by atoms with E-state index in [2.05, 4.69) is 11.1 Å². The van der Waals surface area contributed by atoms with E-state index in [-0.39, 0.29) is 36.9 Å². The van der Waals surface area contributed by atoms with Crippen molar-refractivity contribution in [2.45, 2.75) is 12.9 Å². The maximum atomic E-state index is 12.3. The number of rotatable bonds is 6. The number of aryl methyl sites for hydroxylation is 3. The molecule has 0 saturated carbocycles. The minimum absolute atomic E-state index is 0. The maximum Gasteiger partial charge on any atom is 0.337 e. The fourth-order valence-electron chi connectivity index (χ4n) is 2.92. The van der Waals surface area contributed by atoms with E-state index in [0.29, 0.717) is 6.29 Å². The van der Waals surface area contributed by atoms with E-state index in [9.17, 15) is 52.8 Å². The monoisotopic (exact) mass is 664 g/mol. The molecule has 10 nitrogen and oxygen atoms in total. The van der Waals surface area contributed by atoms with Crippen LogP contribution in [0.5, 0.6) is 0 Å². The van der Waals surface area contributed by atoms with Gasteiger partial charge in [0.15, 0.2) is 6.29 Å². The molecule has 3 heterocycles. The summed E-state index contributed by atoms with van der Waals surface area (Å²) in [5, 5.41) is 10.8. The Morgan fingerprint density at radius 2 is 1.16 bits per heavy atom. The van der Waals surface area contributed by atoms with Crippen molar-refractivity contribution >= 4 is 43.8 Å². The fraction of sp³-hybridized carbons (Fsp3) is 0.333. The van der Waals surface area contributed by atoms with Crippen molar-refractivity contribution in [2.24, 2.45) is 26.9 Å². The number of aromatic nitrogens is 3. The Labute approximate surface area is 251 Å². The van der Waals surface area contributed by atoms with Gasteiger partial charge >= 0.3 is 12.0 Å². The quantitative estimate of drug-likeness (QED) is 0.143. The minimum Gasteiger partial charge on any atom is -0.478 e. The van der Waals surface area contributed by atoms with Crippen molar-refractivity contribution in [3.05, 3.63) is 70.6 Å². The third-order valence-electron chi connectivity index (χ3n) is 4.47. The smallest absolute Gasteiger partial charge is 0.337 e. The van der Waals surface area contributed by atoms with Crippen LogP contribution in [0.1, 0.15) is 65.4 Å². The molecule has 3 rings (SSSR count). The summed E-state index contributed by atoms with van der Waals surface area (Å²) in [4.78, 5) is 42.0. The van der Waals surface area contributed by atoms with Crippen molar-refractivity contribution in [3.8, 4) is 0 Å². The van der Waals surface area contributed by atoms with Gasteiger partial charge in [0.2, 0.25) is 11.2 Å². The third-order valence-corrected chi connectivity index (χ3v) is 4.47. The first-order valence-corrected chi connectivity index (χ1v) is 13.1. The van der Waals surface area contributed by atoms with Crippen LogP contribution in [0.3, 0.4) is 0 Å². The number of amides is 1. The predicted molar refractivity (Wildman–Crippen MR) is 150 cm³/mol. The lowest BCUT2D eigenvalue weighted by Gasteiger charge is -1.99.